The lowest BCUT2D eigenvalue weighted by Gasteiger charge is -2.38. The fourth-order valence-electron chi connectivity index (χ4n) is 4.25. The molecular weight excluding hydrogens is 360 g/mol. The van der Waals surface area contributed by atoms with Crippen LogP contribution in [0.15, 0.2) is 36.5 Å². The summed E-state index contributed by atoms with van der Waals surface area (Å²) in [5.74, 6) is 0.673. The number of hydrogen-bond donors (Lipinski definition) is 2. The molecule has 2 aromatic rings. The molecule has 0 aliphatic carbocycles. The number of ether oxygens (including phenoxy) is 1. The Morgan fingerprint density at radius 2 is 2.04 bits per heavy atom. The highest BCUT2D eigenvalue weighted by Crippen LogP contribution is 2.42. The van der Waals surface area contributed by atoms with E-state index < -0.39 is 0 Å². The molecule has 1 atom stereocenters. The fraction of sp³-hybridized carbons (Fsp3) is 0.524. The molecule has 5 nitrogen and oxygen atoms in total. The van der Waals surface area contributed by atoms with Gasteiger partial charge >= 0.3 is 0 Å². The van der Waals surface area contributed by atoms with E-state index in [0.717, 1.165) is 68.2 Å². The first-order chi connectivity index (χ1) is 13.3. The van der Waals surface area contributed by atoms with E-state index in [1.807, 2.05) is 24.4 Å². The van der Waals surface area contributed by atoms with Gasteiger partial charge in [0.15, 0.2) is 0 Å². The predicted octanol–water partition coefficient (Wildman–Crippen LogP) is 3.78. The smallest absolute Gasteiger partial charge is 0.222 e. The minimum Gasteiger partial charge on any atom is -0.376 e. The van der Waals surface area contributed by atoms with Crippen LogP contribution in [0.5, 0.6) is 0 Å². The lowest BCUT2D eigenvalue weighted by atomic mass is 9.70. The zero-order valence-electron chi connectivity index (χ0n) is 15.6. The van der Waals surface area contributed by atoms with E-state index in [1.54, 1.807) is 0 Å². The van der Waals surface area contributed by atoms with Gasteiger partial charge in [0.1, 0.15) is 0 Å². The molecule has 4 rings (SSSR count). The van der Waals surface area contributed by atoms with Gasteiger partial charge in [-0.05, 0) is 62.9 Å². The highest BCUT2D eigenvalue weighted by Gasteiger charge is 2.38. The second-order valence-corrected chi connectivity index (χ2v) is 7.85. The Hall–Kier alpha value is -1.69. The normalized spacial score (nSPS) is 22.3. The van der Waals surface area contributed by atoms with E-state index >= 15 is 0 Å². The Labute approximate surface area is 165 Å². The molecule has 27 heavy (non-hydrogen) atoms. The number of rotatable bonds is 5. The van der Waals surface area contributed by atoms with Crippen molar-refractivity contribution in [2.24, 2.45) is 0 Å². The number of nitrogens with zero attached hydrogens (tertiary/aromatic N) is 2. The van der Waals surface area contributed by atoms with Gasteiger partial charge in [0.05, 0.1) is 11.8 Å². The van der Waals surface area contributed by atoms with E-state index in [9.17, 15) is 0 Å². The zero-order chi connectivity index (χ0) is 18.5. The molecule has 2 N–H and O–H groups in total. The molecule has 1 aromatic carbocycles. The van der Waals surface area contributed by atoms with Crippen molar-refractivity contribution >= 4 is 17.5 Å². The third-order valence-corrected chi connectivity index (χ3v) is 6.08. The maximum atomic E-state index is 6.60. The van der Waals surface area contributed by atoms with Gasteiger partial charge in [0.25, 0.3) is 0 Å². The van der Waals surface area contributed by atoms with Gasteiger partial charge in [-0.25, -0.2) is 9.97 Å². The summed E-state index contributed by atoms with van der Waals surface area (Å²) < 4.78 is 5.81. The Kier molecular flexibility index (Phi) is 5.91. The van der Waals surface area contributed by atoms with Crippen LogP contribution in [0.2, 0.25) is 5.02 Å². The van der Waals surface area contributed by atoms with Crippen molar-refractivity contribution in [1.82, 2.24) is 15.3 Å². The molecule has 1 aromatic heterocycles. The highest BCUT2D eigenvalue weighted by atomic mass is 35.5. The average molecular weight is 387 g/mol. The largest absolute Gasteiger partial charge is 0.376 e. The van der Waals surface area contributed by atoms with Crippen molar-refractivity contribution in [1.29, 1.82) is 0 Å². The number of halogens is 1. The Balaban J connectivity index is 1.60. The molecule has 2 aliphatic rings. The summed E-state index contributed by atoms with van der Waals surface area (Å²) >= 11 is 6.60. The second-order valence-electron chi connectivity index (χ2n) is 7.45. The van der Waals surface area contributed by atoms with Crippen molar-refractivity contribution in [2.45, 2.75) is 43.6 Å². The first-order valence-corrected chi connectivity index (χ1v) is 10.3. The SMILES string of the molecule is Clc1ccccc1C1(c2ccnc(NC[C@@H]3CCCCO3)n2)CCNCC1. The lowest BCUT2D eigenvalue weighted by Crippen LogP contribution is -2.41. The summed E-state index contributed by atoms with van der Waals surface area (Å²) in [6.45, 7) is 3.52. The minimum atomic E-state index is -0.176. The summed E-state index contributed by atoms with van der Waals surface area (Å²) in [6, 6.07) is 10.2. The van der Waals surface area contributed by atoms with Crippen LogP contribution in [0, 0.1) is 0 Å². The second kappa shape index (κ2) is 8.55. The molecule has 2 fully saturated rings. The first kappa shape index (κ1) is 18.7. The number of anilines is 1. The van der Waals surface area contributed by atoms with Gasteiger partial charge in [0.2, 0.25) is 5.95 Å². The number of piperidine rings is 1. The van der Waals surface area contributed by atoms with Crippen molar-refractivity contribution < 1.29 is 4.74 Å². The third-order valence-electron chi connectivity index (χ3n) is 5.75. The third kappa shape index (κ3) is 4.10. The van der Waals surface area contributed by atoms with Gasteiger partial charge in [-0.2, -0.15) is 0 Å². The Bertz CT molecular complexity index is 757. The van der Waals surface area contributed by atoms with Gasteiger partial charge < -0.3 is 15.4 Å². The van der Waals surface area contributed by atoms with Crippen LogP contribution < -0.4 is 10.6 Å². The molecule has 2 saturated heterocycles. The number of nitrogens with one attached hydrogen (secondary N) is 2. The lowest BCUT2D eigenvalue weighted by molar-refractivity contribution is 0.0246. The maximum absolute atomic E-state index is 6.60. The summed E-state index contributed by atoms with van der Waals surface area (Å²) in [4.78, 5) is 9.35. The highest BCUT2D eigenvalue weighted by molar-refractivity contribution is 6.31. The number of benzene rings is 1. The van der Waals surface area contributed by atoms with Crippen LogP contribution in [0.4, 0.5) is 5.95 Å². The van der Waals surface area contributed by atoms with Crippen molar-refractivity contribution in [3.05, 3.63) is 52.8 Å². The van der Waals surface area contributed by atoms with Crippen molar-refractivity contribution in [2.75, 3.05) is 31.6 Å². The van der Waals surface area contributed by atoms with Gasteiger partial charge in [-0.1, -0.05) is 29.8 Å². The van der Waals surface area contributed by atoms with Gasteiger partial charge in [-0.3, -0.25) is 0 Å². The van der Waals surface area contributed by atoms with Crippen LogP contribution in [0.3, 0.4) is 0 Å². The van der Waals surface area contributed by atoms with E-state index in [1.165, 1.54) is 6.42 Å². The summed E-state index contributed by atoms with van der Waals surface area (Å²) in [6.07, 6.45) is 7.54. The fourth-order valence-corrected chi connectivity index (χ4v) is 4.57. The van der Waals surface area contributed by atoms with E-state index in [-0.39, 0.29) is 11.5 Å². The molecule has 3 heterocycles. The van der Waals surface area contributed by atoms with Crippen molar-refractivity contribution in [3.63, 3.8) is 0 Å². The molecule has 0 saturated carbocycles. The molecule has 0 spiro atoms. The van der Waals surface area contributed by atoms with E-state index in [0.29, 0.717) is 5.95 Å². The monoisotopic (exact) mass is 386 g/mol. The number of aromatic nitrogens is 2. The summed E-state index contributed by atoms with van der Waals surface area (Å²) in [7, 11) is 0. The molecule has 2 aliphatic heterocycles. The molecule has 0 bridgehead atoms. The first-order valence-electron chi connectivity index (χ1n) is 9.93. The Morgan fingerprint density at radius 3 is 2.81 bits per heavy atom. The molecule has 144 valence electrons. The van der Waals surface area contributed by atoms with Crippen LogP contribution in [0.1, 0.15) is 43.4 Å². The average Bonchev–Trinajstić information content (AvgIpc) is 2.74. The maximum Gasteiger partial charge on any atom is 0.222 e. The number of hydrogen-bond acceptors (Lipinski definition) is 5. The molecule has 0 unspecified atom stereocenters. The molecular formula is C21H27ClN4O. The van der Waals surface area contributed by atoms with Crippen LogP contribution in [-0.2, 0) is 10.2 Å². The molecule has 0 radical (unpaired) electrons. The van der Waals surface area contributed by atoms with E-state index in [2.05, 4.69) is 27.8 Å². The zero-order valence-corrected chi connectivity index (χ0v) is 16.3. The van der Waals surface area contributed by atoms with Gasteiger partial charge in [-0.15, -0.1) is 0 Å². The predicted molar refractivity (Wildman–Crippen MR) is 108 cm³/mol. The summed E-state index contributed by atoms with van der Waals surface area (Å²) in [5, 5.41) is 7.65. The standard InChI is InChI=1S/C21H27ClN4O/c22-18-7-2-1-6-17(18)21(9-12-23-13-10-21)19-8-11-24-20(26-19)25-15-16-5-3-4-14-27-16/h1-2,6-8,11,16,23H,3-5,9-10,12-15H2,(H,24,25,26)/t16-/m0/s1. The minimum absolute atomic E-state index is 0.176. The van der Waals surface area contributed by atoms with E-state index in [4.69, 9.17) is 21.3 Å². The van der Waals surface area contributed by atoms with Crippen LogP contribution >= 0.6 is 11.6 Å². The quantitative estimate of drug-likeness (QED) is 0.818. The van der Waals surface area contributed by atoms with Crippen molar-refractivity contribution in [3.8, 4) is 0 Å². The Morgan fingerprint density at radius 1 is 1.19 bits per heavy atom. The molecule has 6 heteroatoms. The topological polar surface area (TPSA) is 59.1 Å². The van der Waals surface area contributed by atoms with Crippen LogP contribution in [0.25, 0.3) is 0 Å². The van der Waals surface area contributed by atoms with Crippen LogP contribution in [-0.4, -0.2) is 42.3 Å². The molecule has 0 amide bonds. The van der Waals surface area contributed by atoms with Gasteiger partial charge in [0, 0.05) is 29.8 Å². The summed E-state index contributed by atoms with van der Waals surface area (Å²) in [5.41, 5.74) is 2.03.